The molecule has 1 N–H and O–H groups in total. The van der Waals surface area contributed by atoms with Gasteiger partial charge < -0.3 is 5.11 Å². The van der Waals surface area contributed by atoms with Crippen molar-refractivity contribution in [1.29, 1.82) is 10.5 Å². The van der Waals surface area contributed by atoms with Gasteiger partial charge in [0.15, 0.2) is 0 Å². The zero-order chi connectivity index (χ0) is 11.3. The average molecular weight is 199 g/mol. The van der Waals surface area contributed by atoms with Crippen LogP contribution in [0.3, 0.4) is 0 Å². The molecule has 0 spiro atoms. The van der Waals surface area contributed by atoms with Gasteiger partial charge in [-0.3, -0.25) is 0 Å². The third kappa shape index (κ3) is 2.39. The summed E-state index contributed by atoms with van der Waals surface area (Å²) in [4.78, 5) is 10.1. The third-order valence-corrected chi connectivity index (χ3v) is 1.65. The van der Waals surface area contributed by atoms with E-state index in [2.05, 4.69) is 5.18 Å². The Morgan fingerprint density at radius 3 is 2.53 bits per heavy atom. The SMILES string of the molecule is N#CC(C#N)=Cc1ccc(N=O)c(O)c1. The second-order valence-electron chi connectivity index (χ2n) is 2.62. The molecule has 1 aromatic carbocycles. The Balaban J connectivity index is 3.16. The predicted molar refractivity (Wildman–Crippen MR) is 52.8 cm³/mol. The van der Waals surface area contributed by atoms with Crippen LogP contribution < -0.4 is 0 Å². The molecule has 72 valence electrons. The first kappa shape index (κ1) is 10.4. The van der Waals surface area contributed by atoms with E-state index in [1.165, 1.54) is 24.3 Å². The Morgan fingerprint density at radius 1 is 1.40 bits per heavy atom. The third-order valence-electron chi connectivity index (χ3n) is 1.65. The molecule has 5 nitrogen and oxygen atoms in total. The van der Waals surface area contributed by atoms with E-state index in [0.29, 0.717) is 5.56 Å². The van der Waals surface area contributed by atoms with Gasteiger partial charge in [-0.25, -0.2) is 0 Å². The molecule has 5 heteroatoms. The normalized spacial score (nSPS) is 8.40. The van der Waals surface area contributed by atoms with E-state index in [-0.39, 0.29) is 17.0 Å². The molecular formula is C10H5N3O2. The van der Waals surface area contributed by atoms with E-state index in [1.54, 1.807) is 12.1 Å². The van der Waals surface area contributed by atoms with Crippen molar-refractivity contribution in [2.45, 2.75) is 0 Å². The van der Waals surface area contributed by atoms with Crippen molar-refractivity contribution in [3.63, 3.8) is 0 Å². The number of benzene rings is 1. The molecule has 0 radical (unpaired) electrons. The number of aromatic hydroxyl groups is 1. The molecule has 0 aliphatic heterocycles. The Hall–Kier alpha value is -2.66. The summed E-state index contributed by atoms with van der Waals surface area (Å²) in [7, 11) is 0. The number of nitriles is 2. The van der Waals surface area contributed by atoms with Crippen molar-refractivity contribution in [2.24, 2.45) is 5.18 Å². The Morgan fingerprint density at radius 2 is 2.07 bits per heavy atom. The van der Waals surface area contributed by atoms with Gasteiger partial charge in [-0.05, 0) is 28.9 Å². The summed E-state index contributed by atoms with van der Waals surface area (Å²) in [6, 6.07) is 7.40. The molecule has 0 aliphatic rings. The first-order valence-electron chi connectivity index (χ1n) is 3.89. The van der Waals surface area contributed by atoms with Crippen LogP contribution in [0, 0.1) is 27.6 Å². The van der Waals surface area contributed by atoms with E-state index in [9.17, 15) is 10.0 Å². The number of hydrogen-bond donors (Lipinski definition) is 1. The lowest BCUT2D eigenvalue weighted by Gasteiger charge is -1.97. The van der Waals surface area contributed by atoms with Crippen molar-refractivity contribution >= 4 is 11.8 Å². The monoisotopic (exact) mass is 199 g/mol. The first-order valence-corrected chi connectivity index (χ1v) is 3.89. The van der Waals surface area contributed by atoms with E-state index in [4.69, 9.17) is 10.5 Å². The van der Waals surface area contributed by atoms with Gasteiger partial charge >= 0.3 is 0 Å². The molecule has 0 amide bonds. The van der Waals surface area contributed by atoms with Gasteiger partial charge in [-0.15, -0.1) is 4.91 Å². The van der Waals surface area contributed by atoms with Crippen LogP contribution in [0.15, 0.2) is 28.9 Å². The maximum absolute atomic E-state index is 10.1. The molecule has 1 rings (SSSR count). The number of nitrogens with zero attached hydrogens (tertiary/aromatic N) is 3. The van der Waals surface area contributed by atoms with Gasteiger partial charge in [0.05, 0.1) is 0 Å². The topological polar surface area (TPSA) is 97.2 Å². The van der Waals surface area contributed by atoms with Crippen LogP contribution in [0.25, 0.3) is 6.08 Å². The molecule has 1 aromatic rings. The first-order chi connectivity index (χ1) is 7.21. The van der Waals surface area contributed by atoms with Crippen molar-refractivity contribution in [3.05, 3.63) is 34.2 Å². The van der Waals surface area contributed by atoms with Crippen LogP contribution in [0.1, 0.15) is 5.56 Å². The number of hydrogen-bond acceptors (Lipinski definition) is 5. The summed E-state index contributed by atoms with van der Waals surface area (Å²) in [6.45, 7) is 0. The highest BCUT2D eigenvalue weighted by molar-refractivity contribution is 5.66. The quantitative estimate of drug-likeness (QED) is 0.583. The van der Waals surface area contributed by atoms with Gasteiger partial charge in [0.25, 0.3) is 0 Å². The fourth-order valence-corrected chi connectivity index (χ4v) is 0.964. The average Bonchev–Trinajstić information content (AvgIpc) is 2.26. The molecule has 0 aliphatic carbocycles. The molecule has 0 heterocycles. The van der Waals surface area contributed by atoms with Crippen molar-refractivity contribution in [2.75, 3.05) is 0 Å². The van der Waals surface area contributed by atoms with E-state index in [0.717, 1.165) is 0 Å². The summed E-state index contributed by atoms with van der Waals surface area (Å²) in [5, 5.41) is 28.8. The summed E-state index contributed by atoms with van der Waals surface area (Å²) >= 11 is 0. The molecular weight excluding hydrogens is 194 g/mol. The number of rotatable bonds is 2. The summed E-state index contributed by atoms with van der Waals surface area (Å²) in [6.07, 6.45) is 1.30. The lowest BCUT2D eigenvalue weighted by atomic mass is 10.1. The smallest absolute Gasteiger partial charge is 0.149 e. The fraction of sp³-hybridized carbons (Fsp3) is 0. The van der Waals surface area contributed by atoms with Crippen LogP contribution in [0.5, 0.6) is 5.75 Å². The van der Waals surface area contributed by atoms with Gasteiger partial charge in [-0.2, -0.15) is 10.5 Å². The predicted octanol–water partition coefficient (Wildman–Crippen LogP) is 2.22. The largest absolute Gasteiger partial charge is 0.506 e. The number of phenols is 1. The highest BCUT2D eigenvalue weighted by Crippen LogP contribution is 2.27. The molecule has 0 bridgehead atoms. The van der Waals surface area contributed by atoms with Crippen molar-refractivity contribution in [1.82, 2.24) is 0 Å². The summed E-state index contributed by atoms with van der Waals surface area (Å²) in [5.41, 5.74) is 0.293. The standard InChI is InChI=1S/C10H5N3O2/c11-5-8(6-12)3-7-1-2-9(13-15)10(14)4-7/h1-4,14H. The van der Waals surface area contributed by atoms with Crippen LogP contribution in [0.4, 0.5) is 5.69 Å². The molecule has 0 atom stereocenters. The highest BCUT2D eigenvalue weighted by Gasteiger charge is 2.02. The fourth-order valence-electron chi connectivity index (χ4n) is 0.964. The molecule has 0 aromatic heterocycles. The molecule has 15 heavy (non-hydrogen) atoms. The zero-order valence-electron chi connectivity index (χ0n) is 7.51. The van der Waals surface area contributed by atoms with Crippen LogP contribution in [-0.4, -0.2) is 5.11 Å². The molecule has 0 saturated heterocycles. The molecule has 0 unspecified atom stereocenters. The van der Waals surface area contributed by atoms with E-state index < -0.39 is 0 Å². The Labute approximate surface area is 85.5 Å². The minimum absolute atomic E-state index is 0.0809. The minimum Gasteiger partial charge on any atom is -0.506 e. The zero-order valence-corrected chi connectivity index (χ0v) is 7.51. The van der Waals surface area contributed by atoms with Gasteiger partial charge in [0, 0.05) is 0 Å². The second-order valence-corrected chi connectivity index (χ2v) is 2.62. The second kappa shape index (κ2) is 4.54. The van der Waals surface area contributed by atoms with Crippen LogP contribution in [-0.2, 0) is 0 Å². The van der Waals surface area contributed by atoms with Gasteiger partial charge in [-0.1, -0.05) is 6.07 Å². The Kier molecular flexibility index (Phi) is 3.15. The highest BCUT2D eigenvalue weighted by atomic mass is 16.3. The van der Waals surface area contributed by atoms with Crippen LogP contribution in [0.2, 0.25) is 0 Å². The number of phenolic OH excluding ortho intramolecular Hbond substituents is 1. The van der Waals surface area contributed by atoms with Crippen LogP contribution >= 0.6 is 0 Å². The maximum atomic E-state index is 10.1. The number of allylic oxidation sites excluding steroid dienone is 1. The Bertz CT molecular complexity index is 490. The van der Waals surface area contributed by atoms with Crippen molar-refractivity contribution < 1.29 is 5.11 Å². The lowest BCUT2D eigenvalue weighted by molar-refractivity contribution is 0.476. The van der Waals surface area contributed by atoms with Crippen molar-refractivity contribution in [3.8, 4) is 17.9 Å². The van der Waals surface area contributed by atoms with E-state index >= 15 is 0 Å². The maximum Gasteiger partial charge on any atom is 0.149 e. The summed E-state index contributed by atoms with van der Waals surface area (Å²) < 4.78 is 0. The van der Waals surface area contributed by atoms with E-state index in [1.807, 2.05) is 0 Å². The summed E-state index contributed by atoms with van der Waals surface area (Å²) in [5.74, 6) is -0.283. The number of nitroso groups, excluding NO2 is 1. The molecule has 0 saturated carbocycles. The van der Waals surface area contributed by atoms with Gasteiger partial charge in [0.2, 0.25) is 0 Å². The molecule has 0 fully saturated rings. The lowest BCUT2D eigenvalue weighted by Crippen LogP contribution is -1.76. The van der Waals surface area contributed by atoms with Gasteiger partial charge in [0.1, 0.15) is 29.1 Å². The minimum atomic E-state index is -0.283.